The molecular weight excluding hydrogens is 384 g/mol. The zero-order valence-corrected chi connectivity index (χ0v) is 15.8. The van der Waals surface area contributed by atoms with Gasteiger partial charge in [0.25, 0.3) is 5.56 Å². The molecule has 5 nitrogen and oxygen atoms in total. The largest absolute Gasteiger partial charge is 0.438 e. The smallest absolute Gasteiger partial charge is 0.275 e. The fourth-order valence-corrected chi connectivity index (χ4v) is 3.55. The van der Waals surface area contributed by atoms with E-state index in [-0.39, 0.29) is 17.2 Å². The van der Waals surface area contributed by atoms with E-state index in [0.29, 0.717) is 16.6 Å². The minimum Gasteiger partial charge on any atom is -0.438 e. The molecule has 28 heavy (non-hydrogen) atoms. The van der Waals surface area contributed by atoms with Gasteiger partial charge in [0.2, 0.25) is 0 Å². The maximum atomic E-state index is 13.8. The first-order chi connectivity index (χ1) is 13.5. The number of aromatic nitrogens is 3. The monoisotopic (exact) mass is 399 g/mol. The molecule has 3 aromatic heterocycles. The number of hydrogen-bond donors (Lipinski definition) is 1. The fraction of sp³-hybridized carbons (Fsp3) is 0.100. The summed E-state index contributed by atoms with van der Waals surface area (Å²) in [5.74, 6) is -1.47. The molecule has 0 aliphatic heterocycles. The van der Waals surface area contributed by atoms with Gasteiger partial charge in [-0.25, -0.2) is 13.8 Å². The molecule has 1 aromatic carbocycles. The minimum atomic E-state index is -0.827. The summed E-state index contributed by atoms with van der Waals surface area (Å²) in [6.07, 6.45) is 3.62. The number of thioether (sulfide) groups is 1. The van der Waals surface area contributed by atoms with Crippen LogP contribution < -0.4 is 10.3 Å². The molecule has 0 saturated heterocycles. The van der Waals surface area contributed by atoms with E-state index in [4.69, 9.17) is 4.74 Å². The first-order valence-corrected chi connectivity index (χ1v) is 9.55. The molecule has 4 rings (SSSR count). The summed E-state index contributed by atoms with van der Waals surface area (Å²) in [4.78, 5) is 20.0. The van der Waals surface area contributed by atoms with Crippen molar-refractivity contribution in [3.63, 3.8) is 0 Å². The van der Waals surface area contributed by atoms with E-state index in [1.165, 1.54) is 22.4 Å². The number of halogens is 2. The maximum Gasteiger partial charge on any atom is 0.275 e. The first-order valence-electron chi connectivity index (χ1n) is 8.33. The molecule has 8 heteroatoms. The Kier molecular flexibility index (Phi) is 4.64. The third-order valence-electron chi connectivity index (χ3n) is 4.35. The van der Waals surface area contributed by atoms with E-state index in [2.05, 4.69) is 9.97 Å². The fourth-order valence-electron chi connectivity index (χ4n) is 3.00. The van der Waals surface area contributed by atoms with Crippen molar-refractivity contribution in [3.05, 3.63) is 70.6 Å². The molecule has 3 heterocycles. The number of benzene rings is 1. The van der Waals surface area contributed by atoms with E-state index in [9.17, 15) is 13.6 Å². The Morgan fingerprint density at radius 2 is 2.00 bits per heavy atom. The number of fused-ring (bicyclic) bond motifs is 1. The van der Waals surface area contributed by atoms with E-state index in [1.54, 1.807) is 19.3 Å². The van der Waals surface area contributed by atoms with Crippen LogP contribution >= 0.6 is 11.8 Å². The predicted octanol–water partition coefficient (Wildman–Crippen LogP) is 4.72. The Labute approximate surface area is 163 Å². The molecule has 0 atom stereocenters. The van der Waals surface area contributed by atoms with E-state index < -0.39 is 11.6 Å². The lowest BCUT2D eigenvalue weighted by molar-refractivity contribution is 0.427. The number of aromatic amines is 1. The number of H-pyrrole nitrogens is 1. The van der Waals surface area contributed by atoms with Crippen molar-refractivity contribution in [3.8, 4) is 22.9 Å². The molecule has 0 spiro atoms. The van der Waals surface area contributed by atoms with E-state index in [0.717, 1.165) is 22.7 Å². The third kappa shape index (κ3) is 3.16. The molecule has 142 valence electrons. The molecule has 0 aliphatic rings. The van der Waals surface area contributed by atoms with Gasteiger partial charge >= 0.3 is 0 Å². The molecular formula is C20H15F2N3O2S. The summed E-state index contributed by atoms with van der Waals surface area (Å²) in [5, 5.41) is 1.42. The van der Waals surface area contributed by atoms with Crippen LogP contribution in [0.4, 0.5) is 8.78 Å². The highest BCUT2D eigenvalue weighted by Crippen LogP contribution is 2.31. The lowest BCUT2D eigenvalue weighted by atomic mass is 10.1. The van der Waals surface area contributed by atoms with Crippen molar-refractivity contribution < 1.29 is 13.5 Å². The lowest BCUT2D eigenvalue weighted by Gasteiger charge is -2.11. The zero-order valence-electron chi connectivity index (χ0n) is 15.0. The quantitative estimate of drug-likeness (QED) is 0.505. The highest BCUT2D eigenvalue weighted by molar-refractivity contribution is 7.98. The Hall–Kier alpha value is -3.13. The van der Waals surface area contributed by atoms with E-state index >= 15 is 0 Å². The molecule has 0 saturated carbocycles. The summed E-state index contributed by atoms with van der Waals surface area (Å²) in [5.41, 5.74) is 1.62. The summed E-state index contributed by atoms with van der Waals surface area (Å²) >= 11 is 1.49. The lowest BCUT2D eigenvalue weighted by Crippen LogP contribution is -2.18. The van der Waals surface area contributed by atoms with Crippen molar-refractivity contribution in [2.75, 3.05) is 6.26 Å². The minimum absolute atomic E-state index is 0.137. The highest BCUT2D eigenvalue weighted by Gasteiger charge is 2.15. The number of hydrogen-bond acceptors (Lipinski definition) is 4. The number of nitrogens with zero attached hydrogens (tertiary/aromatic N) is 2. The molecule has 4 aromatic rings. The van der Waals surface area contributed by atoms with Crippen LogP contribution in [0.5, 0.6) is 11.6 Å². The molecule has 0 bridgehead atoms. The van der Waals surface area contributed by atoms with Gasteiger partial charge in [0, 0.05) is 36.3 Å². The van der Waals surface area contributed by atoms with Crippen molar-refractivity contribution in [1.82, 2.24) is 14.5 Å². The van der Waals surface area contributed by atoms with Crippen LogP contribution in [0.25, 0.3) is 22.2 Å². The van der Waals surface area contributed by atoms with Crippen molar-refractivity contribution >= 4 is 22.7 Å². The standard InChI is InChI=1S/C20H15F2N3O2S/c1-25-15(13-4-3-7-23-19(13)28-2)8-11-9-17(24-18(11)20(25)26)27-16-6-5-12(21)10-14(16)22/h3-10,24H,1-2H3. The average Bonchev–Trinajstić information content (AvgIpc) is 3.10. The highest BCUT2D eigenvalue weighted by atomic mass is 32.2. The summed E-state index contributed by atoms with van der Waals surface area (Å²) in [7, 11) is 1.68. The summed E-state index contributed by atoms with van der Waals surface area (Å²) < 4.78 is 33.9. The van der Waals surface area contributed by atoms with Gasteiger partial charge in [-0.05, 0) is 36.6 Å². The normalized spacial score (nSPS) is 11.1. The average molecular weight is 399 g/mol. The van der Waals surface area contributed by atoms with Crippen LogP contribution in [-0.2, 0) is 7.05 Å². The molecule has 0 aliphatic carbocycles. The van der Waals surface area contributed by atoms with Crippen molar-refractivity contribution in [1.29, 1.82) is 0 Å². The van der Waals surface area contributed by atoms with Gasteiger partial charge in [-0.2, -0.15) is 0 Å². The van der Waals surface area contributed by atoms with Crippen LogP contribution in [0.3, 0.4) is 0 Å². The van der Waals surface area contributed by atoms with E-state index in [1.807, 2.05) is 24.5 Å². The topological polar surface area (TPSA) is 59.9 Å². The Bertz CT molecular complexity index is 1250. The zero-order chi connectivity index (χ0) is 19.8. The molecule has 1 N–H and O–H groups in total. The number of rotatable bonds is 4. The Morgan fingerprint density at radius 3 is 2.75 bits per heavy atom. The van der Waals surface area contributed by atoms with Crippen LogP contribution in [0.2, 0.25) is 0 Å². The number of ether oxygens (including phenoxy) is 1. The molecule has 0 radical (unpaired) electrons. The van der Waals surface area contributed by atoms with Gasteiger partial charge in [-0.15, -0.1) is 11.8 Å². The second kappa shape index (κ2) is 7.12. The summed E-state index contributed by atoms with van der Waals surface area (Å²) in [6.45, 7) is 0. The SMILES string of the molecule is CSc1ncccc1-c1cc2cc(Oc3ccc(F)cc3F)[nH]c2c(=O)n1C. The van der Waals surface area contributed by atoms with Gasteiger partial charge in [0.15, 0.2) is 17.4 Å². The number of nitrogens with one attached hydrogen (secondary N) is 1. The van der Waals surface area contributed by atoms with Crippen molar-refractivity contribution in [2.24, 2.45) is 7.05 Å². The molecule has 0 amide bonds. The summed E-state index contributed by atoms with van der Waals surface area (Å²) in [6, 6.07) is 10.2. The second-order valence-corrected chi connectivity index (χ2v) is 6.89. The van der Waals surface area contributed by atoms with Gasteiger partial charge in [0.1, 0.15) is 16.4 Å². The Morgan fingerprint density at radius 1 is 1.18 bits per heavy atom. The van der Waals surface area contributed by atoms with Gasteiger partial charge in [-0.1, -0.05) is 0 Å². The van der Waals surface area contributed by atoms with Gasteiger partial charge in [0.05, 0.1) is 5.69 Å². The maximum absolute atomic E-state index is 13.8. The molecule has 0 unspecified atom stereocenters. The van der Waals surface area contributed by atoms with Crippen LogP contribution in [0.15, 0.2) is 58.5 Å². The van der Waals surface area contributed by atoms with Crippen LogP contribution in [0.1, 0.15) is 0 Å². The third-order valence-corrected chi connectivity index (χ3v) is 5.06. The number of pyridine rings is 2. The van der Waals surface area contributed by atoms with Crippen molar-refractivity contribution in [2.45, 2.75) is 5.03 Å². The second-order valence-electron chi connectivity index (χ2n) is 6.09. The van der Waals surface area contributed by atoms with Gasteiger partial charge in [-0.3, -0.25) is 4.79 Å². The Balaban J connectivity index is 1.82. The predicted molar refractivity (Wildman–Crippen MR) is 105 cm³/mol. The van der Waals surface area contributed by atoms with Crippen LogP contribution in [-0.4, -0.2) is 20.8 Å². The molecule has 0 fully saturated rings. The van der Waals surface area contributed by atoms with Crippen LogP contribution in [0, 0.1) is 11.6 Å². The first kappa shape index (κ1) is 18.2. The van der Waals surface area contributed by atoms with Gasteiger partial charge < -0.3 is 14.3 Å².